The SMILES string of the molecule is CCCc1cc(F)cnc1C(C)C.CCCc1ccc(C(C)C)c(CCC)c1.CCc1cccnc1C(C)C. The fourth-order valence-corrected chi connectivity index (χ4v) is 4.90. The van der Waals surface area contributed by atoms with Gasteiger partial charge in [0, 0.05) is 17.6 Å². The van der Waals surface area contributed by atoms with Gasteiger partial charge in [-0.3, -0.25) is 9.97 Å². The lowest BCUT2D eigenvalue weighted by Gasteiger charge is -2.14. The Balaban J connectivity index is 0.000000296. The minimum absolute atomic E-state index is 0.229. The molecule has 0 N–H and O–H groups in total. The van der Waals surface area contributed by atoms with Crippen LogP contribution in [0, 0.1) is 5.82 Å². The van der Waals surface area contributed by atoms with Crippen LogP contribution in [-0.4, -0.2) is 9.97 Å². The lowest BCUT2D eigenvalue weighted by Crippen LogP contribution is -2.00. The average Bonchev–Trinajstić information content (AvgIpc) is 2.90. The van der Waals surface area contributed by atoms with E-state index in [1.165, 1.54) is 54.3 Å². The van der Waals surface area contributed by atoms with Gasteiger partial charge in [0.25, 0.3) is 0 Å². The Morgan fingerprint density at radius 3 is 1.74 bits per heavy atom. The monoisotopic (exact) mass is 534 g/mol. The number of halogens is 1. The molecule has 0 amide bonds. The van der Waals surface area contributed by atoms with Crippen LogP contribution in [0.1, 0.15) is 145 Å². The highest BCUT2D eigenvalue weighted by atomic mass is 19.1. The number of aryl methyl sites for hydroxylation is 4. The third-order valence-corrected chi connectivity index (χ3v) is 6.78. The maximum absolute atomic E-state index is 12.9. The van der Waals surface area contributed by atoms with Crippen molar-refractivity contribution in [1.29, 1.82) is 0 Å². The van der Waals surface area contributed by atoms with Crippen LogP contribution in [0.3, 0.4) is 0 Å². The lowest BCUT2D eigenvalue weighted by molar-refractivity contribution is 0.611. The number of hydrogen-bond acceptors (Lipinski definition) is 2. The van der Waals surface area contributed by atoms with Gasteiger partial charge in [0.1, 0.15) is 5.82 Å². The number of pyridine rings is 2. The van der Waals surface area contributed by atoms with Crippen molar-refractivity contribution >= 4 is 0 Å². The van der Waals surface area contributed by atoms with Crippen molar-refractivity contribution < 1.29 is 4.39 Å². The molecule has 0 spiro atoms. The first-order valence-electron chi connectivity index (χ1n) is 15.3. The fraction of sp³-hybridized carbons (Fsp3) is 0.556. The first-order valence-corrected chi connectivity index (χ1v) is 15.3. The van der Waals surface area contributed by atoms with Crippen molar-refractivity contribution in [2.24, 2.45) is 0 Å². The molecule has 0 aliphatic rings. The summed E-state index contributed by atoms with van der Waals surface area (Å²) in [5.74, 6) is 1.35. The van der Waals surface area contributed by atoms with E-state index in [0.29, 0.717) is 17.8 Å². The van der Waals surface area contributed by atoms with Gasteiger partial charge in [0.2, 0.25) is 0 Å². The molecule has 39 heavy (non-hydrogen) atoms. The largest absolute Gasteiger partial charge is 0.261 e. The maximum atomic E-state index is 12.9. The molecule has 2 nitrogen and oxygen atoms in total. The number of nitrogens with zero attached hydrogens (tertiary/aromatic N) is 2. The zero-order chi connectivity index (χ0) is 29.4. The zero-order valence-electron chi connectivity index (χ0n) is 26.6. The van der Waals surface area contributed by atoms with Crippen molar-refractivity contribution in [3.8, 4) is 0 Å². The molecule has 216 valence electrons. The molecular formula is C36H55FN2. The number of aromatic nitrogens is 2. The molecule has 0 saturated heterocycles. The average molecular weight is 535 g/mol. The highest BCUT2D eigenvalue weighted by Gasteiger charge is 2.09. The third kappa shape index (κ3) is 12.0. The van der Waals surface area contributed by atoms with Gasteiger partial charge in [-0.2, -0.15) is 0 Å². The van der Waals surface area contributed by atoms with E-state index in [9.17, 15) is 4.39 Å². The standard InChI is InChI=1S/C15H24.C11H16FN.C10H15N/c1-5-7-13-9-10-15(12(3)4)14(11-13)8-6-2;1-4-5-9-6-10(12)7-13-11(9)8(2)3;1-4-9-6-5-7-11-10(9)8(2)3/h9-12H,5-8H2,1-4H3;6-8H,4-5H2,1-3H3;5-8H,4H2,1-3H3. The number of benzene rings is 1. The van der Waals surface area contributed by atoms with Gasteiger partial charge >= 0.3 is 0 Å². The van der Waals surface area contributed by atoms with E-state index in [2.05, 4.69) is 103 Å². The molecular weight excluding hydrogens is 479 g/mol. The highest BCUT2D eigenvalue weighted by molar-refractivity contribution is 5.34. The molecule has 2 aromatic heterocycles. The van der Waals surface area contributed by atoms with Crippen LogP contribution in [0.25, 0.3) is 0 Å². The molecule has 3 heteroatoms. The normalized spacial score (nSPS) is 10.8. The van der Waals surface area contributed by atoms with Gasteiger partial charge in [0.15, 0.2) is 0 Å². The summed E-state index contributed by atoms with van der Waals surface area (Å²) in [6.45, 7) is 21.9. The number of hydrogen-bond donors (Lipinski definition) is 0. The summed E-state index contributed by atoms with van der Waals surface area (Å²) < 4.78 is 12.9. The van der Waals surface area contributed by atoms with Crippen molar-refractivity contribution in [2.45, 2.75) is 132 Å². The van der Waals surface area contributed by atoms with Gasteiger partial charge in [-0.25, -0.2) is 4.39 Å². The molecule has 0 aliphatic carbocycles. The molecule has 0 fully saturated rings. The van der Waals surface area contributed by atoms with Crippen LogP contribution in [-0.2, 0) is 25.7 Å². The van der Waals surface area contributed by atoms with Gasteiger partial charge < -0.3 is 0 Å². The molecule has 0 radical (unpaired) electrons. The van der Waals surface area contributed by atoms with E-state index in [1.807, 2.05) is 12.3 Å². The van der Waals surface area contributed by atoms with Crippen molar-refractivity contribution in [3.63, 3.8) is 0 Å². The molecule has 3 aromatic rings. The first-order chi connectivity index (χ1) is 18.6. The summed E-state index contributed by atoms with van der Waals surface area (Å²) >= 11 is 0. The molecule has 0 saturated carbocycles. The van der Waals surface area contributed by atoms with Crippen LogP contribution in [0.4, 0.5) is 4.39 Å². The highest BCUT2D eigenvalue weighted by Crippen LogP contribution is 2.23. The zero-order valence-corrected chi connectivity index (χ0v) is 26.6. The Morgan fingerprint density at radius 1 is 0.641 bits per heavy atom. The fourth-order valence-electron chi connectivity index (χ4n) is 4.90. The van der Waals surface area contributed by atoms with Crippen LogP contribution in [0.2, 0.25) is 0 Å². The van der Waals surface area contributed by atoms with Crippen molar-refractivity contribution in [3.05, 3.63) is 93.8 Å². The second-order valence-corrected chi connectivity index (χ2v) is 11.3. The minimum atomic E-state index is -0.229. The molecule has 3 rings (SSSR count). The van der Waals surface area contributed by atoms with Crippen molar-refractivity contribution in [1.82, 2.24) is 9.97 Å². The predicted molar refractivity (Wildman–Crippen MR) is 169 cm³/mol. The van der Waals surface area contributed by atoms with E-state index < -0.39 is 0 Å². The van der Waals surface area contributed by atoms with Crippen LogP contribution >= 0.6 is 0 Å². The van der Waals surface area contributed by atoms with Crippen molar-refractivity contribution in [2.75, 3.05) is 0 Å². The lowest BCUT2D eigenvalue weighted by atomic mass is 9.92. The topological polar surface area (TPSA) is 25.8 Å². The summed E-state index contributed by atoms with van der Waals surface area (Å²) in [5.41, 5.74) is 9.32. The second-order valence-electron chi connectivity index (χ2n) is 11.3. The molecule has 2 heterocycles. The first kappa shape index (κ1) is 34.5. The Labute approximate surface area is 239 Å². The maximum Gasteiger partial charge on any atom is 0.141 e. The Kier molecular flexibility index (Phi) is 16.5. The summed E-state index contributed by atoms with van der Waals surface area (Å²) in [6, 6.07) is 12.8. The van der Waals surface area contributed by atoms with Gasteiger partial charge in [-0.05, 0) is 83.4 Å². The van der Waals surface area contributed by atoms with Crippen LogP contribution in [0.5, 0.6) is 0 Å². The van der Waals surface area contributed by atoms with E-state index in [1.54, 1.807) is 11.6 Å². The smallest absolute Gasteiger partial charge is 0.141 e. The van der Waals surface area contributed by atoms with E-state index in [0.717, 1.165) is 30.5 Å². The summed E-state index contributed by atoms with van der Waals surface area (Å²) in [5, 5.41) is 0. The van der Waals surface area contributed by atoms with E-state index in [-0.39, 0.29) is 5.82 Å². The van der Waals surface area contributed by atoms with E-state index in [4.69, 9.17) is 0 Å². The third-order valence-electron chi connectivity index (χ3n) is 6.78. The van der Waals surface area contributed by atoms with Crippen LogP contribution in [0.15, 0.2) is 48.8 Å². The van der Waals surface area contributed by atoms with Gasteiger partial charge in [0.05, 0.1) is 6.20 Å². The Bertz CT molecular complexity index is 1090. The van der Waals surface area contributed by atoms with E-state index >= 15 is 0 Å². The summed E-state index contributed by atoms with van der Waals surface area (Å²) in [6.07, 6.45) is 11.1. The summed E-state index contributed by atoms with van der Waals surface area (Å²) in [4.78, 5) is 8.47. The second kappa shape index (κ2) is 18.7. The molecule has 0 unspecified atom stereocenters. The van der Waals surface area contributed by atoms with Gasteiger partial charge in [-0.1, -0.05) is 113 Å². The van der Waals surface area contributed by atoms with Gasteiger partial charge in [-0.15, -0.1) is 0 Å². The quantitative estimate of drug-likeness (QED) is 0.258. The molecule has 0 bridgehead atoms. The summed E-state index contributed by atoms with van der Waals surface area (Å²) in [7, 11) is 0. The molecule has 1 aromatic carbocycles. The Hall–Kier alpha value is -2.55. The van der Waals surface area contributed by atoms with Crippen LogP contribution < -0.4 is 0 Å². The number of rotatable bonds is 10. The molecule has 0 atom stereocenters. The minimum Gasteiger partial charge on any atom is -0.261 e. The molecule has 0 aliphatic heterocycles. The Morgan fingerprint density at radius 2 is 1.23 bits per heavy atom. The predicted octanol–water partition coefficient (Wildman–Crippen LogP) is 10.8.